The third-order valence-electron chi connectivity index (χ3n) is 1.74. The first kappa shape index (κ1) is 11.7. The summed E-state index contributed by atoms with van der Waals surface area (Å²) in [6, 6.07) is 7.42. The molecule has 0 radical (unpaired) electrons. The lowest BCUT2D eigenvalue weighted by atomic mass is 10.2. The number of hydrogen-bond donors (Lipinski definition) is 1. The lowest BCUT2D eigenvalue weighted by Crippen LogP contribution is -2.31. The number of esters is 1. The average Bonchev–Trinajstić information content (AvgIpc) is 2.26. The molecule has 15 heavy (non-hydrogen) atoms. The monoisotopic (exact) mass is 271 g/mol. The standard InChI is InChI=1S/C10H10BrNO3/c1-15-10(14)9(13)12-6-7-2-4-8(11)5-3-7/h2-5H,6H2,1H3,(H,12,13). The predicted octanol–water partition coefficient (Wildman–Crippen LogP) is 1.24. The number of ether oxygens (including phenoxy) is 1. The fourth-order valence-corrected chi connectivity index (χ4v) is 1.21. The van der Waals surface area contributed by atoms with E-state index in [1.807, 2.05) is 24.3 Å². The van der Waals surface area contributed by atoms with Crippen molar-refractivity contribution in [2.75, 3.05) is 7.11 Å². The van der Waals surface area contributed by atoms with Crippen LogP contribution in [0.25, 0.3) is 0 Å². The summed E-state index contributed by atoms with van der Waals surface area (Å²) in [5.41, 5.74) is 0.912. The molecule has 0 spiro atoms. The van der Waals surface area contributed by atoms with Crippen molar-refractivity contribution >= 4 is 27.8 Å². The van der Waals surface area contributed by atoms with Crippen LogP contribution in [0.4, 0.5) is 0 Å². The van der Waals surface area contributed by atoms with E-state index < -0.39 is 11.9 Å². The molecule has 0 unspecified atom stereocenters. The van der Waals surface area contributed by atoms with Crippen molar-refractivity contribution in [1.29, 1.82) is 0 Å². The second-order valence-electron chi connectivity index (χ2n) is 2.80. The van der Waals surface area contributed by atoms with Gasteiger partial charge in [0.1, 0.15) is 0 Å². The number of rotatable bonds is 2. The number of halogens is 1. The van der Waals surface area contributed by atoms with Gasteiger partial charge in [-0.3, -0.25) is 4.79 Å². The van der Waals surface area contributed by atoms with Gasteiger partial charge in [-0.05, 0) is 17.7 Å². The van der Waals surface area contributed by atoms with Gasteiger partial charge >= 0.3 is 11.9 Å². The number of hydrogen-bond acceptors (Lipinski definition) is 3. The van der Waals surface area contributed by atoms with Crippen molar-refractivity contribution in [3.05, 3.63) is 34.3 Å². The molecule has 1 amide bonds. The Labute approximate surface area is 95.7 Å². The van der Waals surface area contributed by atoms with Crippen molar-refractivity contribution in [2.45, 2.75) is 6.54 Å². The summed E-state index contributed by atoms with van der Waals surface area (Å²) >= 11 is 3.30. The summed E-state index contributed by atoms with van der Waals surface area (Å²) in [7, 11) is 1.17. The van der Waals surface area contributed by atoms with Gasteiger partial charge in [-0.1, -0.05) is 28.1 Å². The Bertz CT molecular complexity index is 361. The number of amides is 1. The molecular formula is C10H10BrNO3. The van der Waals surface area contributed by atoms with Gasteiger partial charge in [-0.2, -0.15) is 0 Å². The molecule has 1 rings (SSSR count). The quantitative estimate of drug-likeness (QED) is 0.651. The molecule has 0 aromatic heterocycles. The van der Waals surface area contributed by atoms with Gasteiger partial charge in [0, 0.05) is 11.0 Å². The summed E-state index contributed by atoms with van der Waals surface area (Å²) in [6.45, 7) is 0.307. The normalized spacial score (nSPS) is 9.47. The highest BCUT2D eigenvalue weighted by atomic mass is 79.9. The van der Waals surface area contributed by atoms with Gasteiger partial charge in [0.05, 0.1) is 7.11 Å². The molecule has 4 nitrogen and oxygen atoms in total. The molecule has 0 aliphatic carbocycles. The number of nitrogens with one attached hydrogen (secondary N) is 1. The van der Waals surface area contributed by atoms with Crippen LogP contribution in [0.2, 0.25) is 0 Å². The molecule has 0 fully saturated rings. The van der Waals surface area contributed by atoms with Crippen LogP contribution in [0, 0.1) is 0 Å². The molecule has 1 N–H and O–H groups in total. The first-order valence-corrected chi connectivity index (χ1v) is 5.03. The Morgan fingerprint density at radius 2 is 1.93 bits per heavy atom. The van der Waals surface area contributed by atoms with Crippen LogP contribution in [0.1, 0.15) is 5.56 Å². The van der Waals surface area contributed by atoms with E-state index in [0.29, 0.717) is 6.54 Å². The Morgan fingerprint density at radius 3 is 2.47 bits per heavy atom. The highest BCUT2D eigenvalue weighted by molar-refractivity contribution is 9.10. The SMILES string of the molecule is COC(=O)C(=O)NCc1ccc(Br)cc1. The topological polar surface area (TPSA) is 55.4 Å². The van der Waals surface area contributed by atoms with Gasteiger partial charge < -0.3 is 10.1 Å². The van der Waals surface area contributed by atoms with Crippen LogP contribution >= 0.6 is 15.9 Å². The Morgan fingerprint density at radius 1 is 1.33 bits per heavy atom. The lowest BCUT2D eigenvalue weighted by molar-refractivity contribution is -0.152. The maximum Gasteiger partial charge on any atom is 0.396 e. The molecule has 0 aliphatic rings. The third kappa shape index (κ3) is 3.71. The van der Waals surface area contributed by atoms with Crippen LogP contribution in [0.5, 0.6) is 0 Å². The molecule has 0 heterocycles. The Kier molecular flexibility index (Phi) is 4.30. The molecule has 0 atom stereocenters. The van der Waals surface area contributed by atoms with E-state index in [2.05, 4.69) is 26.0 Å². The third-order valence-corrected chi connectivity index (χ3v) is 2.27. The van der Waals surface area contributed by atoms with Crippen molar-refractivity contribution in [1.82, 2.24) is 5.32 Å². The molecule has 0 aliphatic heterocycles. The van der Waals surface area contributed by atoms with Gasteiger partial charge in [0.25, 0.3) is 0 Å². The molecule has 0 bridgehead atoms. The molecule has 0 saturated heterocycles. The van der Waals surface area contributed by atoms with Crippen molar-refractivity contribution < 1.29 is 14.3 Å². The maximum absolute atomic E-state index is 11.0. The summed E-state index contributed by atoms with van der Waals surface area (Å²) in [5.74, 6) is -1.62. The van der Waals surface area contributed by atoms with Crippen LogP contribution in [0.3, 0.4) is 0 Å². The van der Waals surface area contributed by atoms with E-state index in [1.54, 1.807) is 0 Å². The molecule has 0 saturated carbocycles. The fraction of sp³-hybridized carbons (Fsp3) is 0.200. The zero-order valence-electron chi connectivity index (χ0n) is 8.12. The molecule has 1 aromatic rings. The van der Waals surface area contributed by atoms with Gasteiger partial charge in [-0.25, -0.2) is 4.79 Å². The lowest BCUT2D eigenvalue weighted by Gasteiger charge is -2.03. The first-order chi connectivity index (χ1) is 7.13. The summed E-state index contributed by atoms with van der Waals surface area (Å²) in [5, 5.41) is 2.44. The van der Waals surface area contributed by atoms with Crippen LogP contribution < -0.4 is 5.32 Å². The summed E-state index contributed by atoms with van der Waals surface area (Å²) in [6.07, 6.45) is 0. The Balaban J connectivity index is 2.47. The number of methoxy groups -OCH3 is 1. The second kappa shape index (κ2) is 5.50. The van der Waals surface area contributed by atoms with E-state index in [-0.39, 0.29) is 0 Å². The smallest absolute Gasteiger partial charge is 0.396 e. The minimum Gasteiger partial charge on any atom is -0.462 e. The number of carbonyl (C=O) groups is 2. The van der Waals surface area contributed by atoms with Gasteiger partial charge in [0.15, 0.2) is 0 Å². The first-order valence-electron chi connectivity index (χ1n) is 4.24. The largest absolute Gasteiger partial charge is 0.462 e. The number of benzene rings is 1. The van der Waals surface area contributed by atoms with E-state index >= 15 is 0 Å². The Hall–Kier alpha value is -1.36. The molecular weight excluding hydrogens is 262 g/mol. The van der Waals surface area contributed by atoms with Crippen LogP contribution in [0.15, 0.2) is 28.7 Å². The van der Waals surface area contributed by atoms with E-state index in [4.69, 9.17) is 0 Å². The van der Waals surface area contributed by atoms with Gasteiger partial charge in [0.2, 0.25) is 0 Å². The molecule has 5 heteroatoms. The summed E-state index contributed by atoms with van der Waals surface area (Å²) < 4.78 is 5.22. The number of carbonyl (C=O) groups excluding carboxylic acids is 2. The minimum atomic E-state index is -0.882. The van der Waals surface area contributed by atoms with Crippen molar-refractivity contribution in [3.63, 3.8) is 0 Å². The minimum absolute atomic E-state index is 0.307. The van der Waals surface area contributed by atoms with Crippen LogP contribution in [-0.2, 0) is 20.9 Å². The highest BCUT2D eigenvalue weighted by Crippen LogP contribution is 2.10. The average molecular weight is 272 g/mol. The van der Waals surface area contributed by atoms with Crippen LogP contribution in [-0.4, -0.2) is 19.0 Å². The maximum atomic E-state index is 11.0. The van der Waals surface area contributed by atoms with Crippen molar-refractivity contribution in [2.24, 2.45) is 0 Å². The zero-order chi connectivity index (χ0) is 11.3. The highest BCUT2D eigenvalue weighted by Gasteiger charge is 2.12. The van der Waals surface area contributed by atoms with Gasteiger partial charge in [-0.15, -0.1) is 0 Å². The fourth-order valence-electron chi connectivity index (χ4n) is 0.949. The van der Waals surface area contributed by atoms with E-state index in [0.717, 1.165) is 10.0 Å². The van der Waals surface area contributed by atoms with E-state index in [9.17, 15) is 9.59 Å². The van der Waals surface area contributed by atoms with E-state index in [1.165, 1.54) is 7.11 Å². The molecule has 80 valence electrons. The molecule has 1 aromatic carbocycles. The predicted molar refractivity (Wildman–Crippen MR) is 58.0 cm³/mol. The zero-order valence-corrected chi connectivity index (χ0v) is 9.71. The van der Waals surface area contributed by atoms with Crippen molar-refractivity contribution in [3.8, 4) is 0 Å². The summed E-state index contributed by atoms with van der Waals surface area (Å²) in [4.78, 5) is 21.8. The second-order valence-corrected chi connectivity index (χ2v) is 3.72.